The maximum absolute atomic E-state index is 13.5. The van der Waals surface area contributed by atoms with E-state index in [-0.39, 0.29) is 17.1 Å². The minimum absolute atomic E-state index is 0.00157. The summed E-state index contributed by atoms with van der Waals surface area (Å²) in [7, 11) is 0. The number of carbonyl (C=O) groups is 1. The van der Waals surface area contributed by atoms with E-state index in [0.29, 0.717) is 37.8 Å². The van der Waals surface area contributed by atoms with Gasteiger partial charge in [-0.1, -0.05) is 47.6 Å². The Morgan fingerprint density at radius 3 is 2.56 bits per heavy atom. The van der Waals surface area contributed by atoms with Crippen LogP contribution in [0.1, 0.15) is 41.0 Å². The minimum atomic E-state index is -3.24. The van der Waals surface area contributed by atoms with Gasteiger partial charge in [0.25, 0.3) is 11.8 Å². The fourth-order valence-corrected chi connectivity index (χ4v) is 5.25. The van der Waals surface area contributed by atoms with Crippen LogP contribution in [0, 0.1) is 0 Å². The van der Waals surface area contributed by atoms with Crippen molar-refractivity contribution < 1.29 is 22.8 Å². The molecule has 0 aliphatic carbocycles. The summed E-state index contributed by atoms with van der Waals surface area (Å²) in [5.74, 6) is -4.30. The summed E-state index contributed by atoms with van der Waals surface area (Å²) in [5.41, 5.74) is 2.41. The lowest BCUT2D eigenvalue weighted by atomic mass is 9.80. The van der Waals surface area contributed by atoms with Crippen LogP contribution in [0.2, 0.25) is 0 Å². The Bertz CT molecular complexity index is 1340. The summed E-state index contributed by atoms with van der Waals surface area (Å²) in [4.78, 5) is 21.8. The molecule has 3 heterocycles. The Morgan fingerprint density at radius 1 is 1.08 bits per heavy atom. The molecule has 1 fully saturated rings. The fourth-order valence-electron chi connectivity index (χ4n) is 4.16. The summed E-state index contributed by atoms with van der Waals surface area (Å²) in [6, 6.07) is 16.5. The summed E-state index contributed by atoms with van der Waals surface area (Å²) in [6.07, 6.45) is 1.48. The van der Waals surface area contributed by atoms with Crippen LogP contribution >= 0.6 is 11.3 Å². The van der Waals surface area contributed by atoms with Gasteiger partial charge in [-0.05, 0) is 25.0 Å². The normalized spacial score (nSPS) is 15.5. The first-order valence-electron chi connectivity index (χ1n) is 11.5. The molecule has 186 valence electrons. The highest BCUT2D eigenvalue weighted by Crippen LogP contribution is 2.38. The van der Waals surface area contributed by atoms with E-state index in [0.717, 1.165) is 29.1 Å². The Balaban J connectivity index is 1.34. The van der Waals surface area contributed by atoms with Crippen LogP contribution in [0.25, 0.3) is 22.6 Å². The molecule has 0 saturated carbocycles. The van der Waals surface area contributed by atoms with Gasteiger partial charge in [0.15, 0.2) is 0 Å². The van der Waals surface area contributed by atoms with Gasteiger partial charge in [-0.3, -0.25) is 4.79 Å². The maximum Gasteiger partial charge on any atom is 0.322 e. The monoisotopic (exact) mass is 510 g/mol. The van der Waals surface area contributed by atoms with Crippen molar-refractivity contribution in [1.29, 1.82) is 0 Å². The average molecular weight is 511 g/mol. The highest BCUT2D eigenvalue weighted by Gasteiger charge is 2.38. The van der Waals surface area contributed by atoms with E-state index in [1.54, 1.807) is 35.6 Å². The van der Waals surface area contributed by atoms with Gasteiger partial charge in [0.05, 0.1) is 5.69 Å². The van der Waals surface area contributed by atoms with Crippen LogP contribution in [-0.4, -0.2) is 40.8 Å². The SMILES string of the molecule is CC(F)(F)c1nc(-c2cccc(C(=O)NCC3(c4nc(-c5ccccc5)cs4)CCOCC3)c2)no1. The van der Waals surface area contributed by atoms with Crippen molar-refractivity contribution in [2.24, 2.45) is 0 Å². The van der Waals surface area contributed by atoms with Gasteiger partial charge in [0.2, 0.25) is 5.82 Å². The number of halogens is 2. The molecule has 2 aromatic heterocycles. The quantitative estimate of drug-likeness (QED) is 0.356. The highest BCUT2D eigenvalue weighted by atomic mass is 32.1. The number of benzene rings is 2. The summed E-state index contributed by atoms with van der Waals surface area (Å²) >= 11 is 1.60. The van der Waals surface area contributed by atoms with E-state index in [2.05, 4.69) is 20.0 Å². The van der Waals surface area contributed by atoms with Gasteiger partial charge < -0.3 is 14.6 Å². The molecular weight excluding hydrogens is 486 g/mol. The van der Waals surface area contributed by atoms with Crippen molar-refractivity contribution in [1.82, 2.24) is 20.4 Å². The van der Waals surface area contributed by atoms with Crippen molar-refractivity contribution in [2.45, 2.75) is 31.1 Å². The molecule has 0 unspecified atom stereocenters. The van der Waals surface area contributed by atoms with Crippen molar-refractivity contribution in [3.8, 4) is 22.6 Å². The Labute approximate surface area is 210 Å². The summed E-state index contributed by atoms with van der Waals surface area (Å²) in [5, 5.41) is 9.70. The van der Waals surface area contributed by atoms with Gasteiger partial charge in [0, 0.05) is 54.2 Å². The van der Waals surface area contributed by atoms with E-state index >= 15 is 0 Å². The Kier molecular flexibility index (Phi) is 6.63. The molecule has 7 nitrogen and oxygen atoms in total. The largest absolute Gasteiger partial charge is 0.381 e. The van der Waals surface area contributed by atoms with Crippen molar-refractivity contribution in [2.75, 3.05) is 19.8 Å². The number of ether oxygens (including phenoxy) is 1. The molecule has 10 heteroatoms. The molecule has 1 saturated heterocycles. The second kappa shape index (κ2) is 9.87. The molecule has 0 atom stereocenters. The van der Waals surface area contributed by atoms with Gasteiger partial charge in [-0.15, -0.1) is 11.3 Å². The predicted molar refractivity (Wildman–Crippen MR) is 131 cm³/mol. The van der Waals surface area contributed by atoms with Crippen LogP contribution in [0.5, 0.6) is 0 Å². The van der Waals surface area contributed by atoms with Crippen molar-refractivity contribution in [3.63, 3.8) is 0 Å². The first-order valence-corrected chi connectivity index (χ1v) is 12.4. The number of nitrogens with zero attached hydrogens (tertiary/aromatic N) is 3. The fraction of sp³-hybridized carbons (Fsp3) is 0.308. The topological polar surface area (TPSA) is 90.1 Å². The van der Waals surface area contributed by atoms with Crippen molar-refractivity contribution in [3.05, 3.63) is 76.4 Å². The molecule has 0 radical (unpaired) electrons. The third-order valence-electron chi connectivity index (χ3n) is 6.25. The zero-order chi connectivity index (χ0) is 25.2. The Hall–Kier alpha value is -3.50. The van der Waals surface area contributed by atoms with E-state index in [9.17, 15) is 13.6 Å². The van der Waals surface area contributed by atoms with Crippen LogP contribution in [0.3, 0.4) is 0 Å². The molecule has 0 spiro atoms. The summed E-state index contributed by atoms with van der Waals surface area (Å²) < 4.78 is 37.2. The van der Waals surface area contributed by atoms with E-state index in [1.165, 1.54) is 0 Å². The number of aromatic nitrogens is 3. The maximum atomic E-state index is 13.5. The molecule has 2 aromatic carbocycles. The molecule has 0 bridgehead atoms. The van der Waals surface area contributed by atoms with Gasteiger partial charge >= 0.3 is 5.92 Å². The molecule has 1 N–H and O–H groups in total. The number of carbonyl (C=O) groups excluding carboxylic acids is 1. The zero-order valence-corrected chi connectivity index (χ0v) is 20.4. The number of alkyl halides is 2. The third-order valence-corrected chi connectivity index (χ3v) is 7.34. The Morgan fingerprint density at radius 2 is 1.83 bits per heavy atom. The molecule has 4 aromatic rings. The second-order valence-electron chi connectivity index (χ2n) is 8.87. The smallest absolute Gasteiger partial charge is 0.322 e. The zero-order valence-electron chi connectivity index (χ0n) is 19.5. The number of nitrogens with one attached hydrogen (secondary N) is 1. The number of hydrogen-bond donors (Lipinski definition) is 1. The number of amides is 1. The molecule has 36 heavy (non-hydrogen) atoms. The molecule has 1 amide bonds. The first-order chi connectivity index (χ1) is 17.3. The van der Waals surface area contributed by atoms with Crippen molar-refractivity contribution >= 4 is 17.2 Å². The van der Waals surface area contributed by atoms with Crippen LogP contribution in [0.15, 0.2) is 64.5 Å². The third kappa shape index (κ3) is 5.05. The molecular formula is C26H24F2N4O3S. The molecule has 1 aliphatic rings. The van der Waals surface area contributed by atoms with Crippen LogP contribution < -0.4 is 5.32 Å². The summed E-state index contributed by atoms with van der Waals surface area (Å²) in [6.45, 7) is 2.27. The molecule has 1 aliphatic heterocycles. The van der Waals surface area contributed by atoms with Gasteiger partial charge in [0.1, 0.15) is 5.01 Å². The second-order valence-corrected chi connectivity index (χ2v) is 9.73. The van der Waals surface area contributed by atoms with Gasteiger partial charge in [-0.25, -0.2) is 4.98 Å². The van der Waals surface area contributed by atoms with E-state index in [1.807, 2.05) is 35.7 Å². The van der Waals surface area contributed by atoms with Crippen LogP contribution in [0.4, 0.5) is 8.78 Å². The number of thiazole rings is 1. The standard InChI is InChI=1S/C26H24F2N4O3S/c1-25(27,28)23-31-21(32-35-23)18-8-5-9-19(14-18)22(33)29-16-26(10-12-34-13-11-26)24-30-20(15-36-24)17-6-3-2-4-7-17/h2-9,14-15H,10-13,16H2,1H3,(H,29,33). The number of hydrogen-bond acceptors (Lipinski definition) is 7. The van der Waals surface area contributed by atoms with E-state index in [4.69, 9.17) is 9.72 Å². The van der Waals surface area contributed by atoms with Crippen LogP contribution in [-0.2, 0) is 16.1 Å². The number of rotatable bonds is 7. The lowest BCUT2D eigenvalue weighted by Crippen LogP contribution is -2.44. The lowest BCUT2D eigenvalue weighted by Gasteiger charge is -2.35. The predicted octanol–water partition coefficient (Wildman–Crippen LogP) is 5.45. The average Bonchev–Trinajstić information content (AvgIpc) is 3.60. The first kappa shape index (κ1) is 24.2. The van der Waals surface area contributed by atoms with Gasteiger partial charge in [-0.2, -0.15) is 13.8 Å². The van der Waals surface area contributed by atoms with E-state index < -0.39 is 11.8 Å². The highest BCUT2D eigenvalue weighted by molar-refractivity contribution is 7.10. The molecule has 5 rings (SSSR count). The lowest BCUT2D eigenvalue weighted by molar-refractivity contribution is -0.0158. The minimum Gasteiger partial charge on any atom is -0.381 e.